The highest BCUT2D eigenvalue weighted by molar-refractivity contribution is 5.53. The molecular formula is C16H30O. The molecule has 0 bridgehead atoms. The van der Waals surface area contributed by atoms with Gasteiger partial charge < -0.3 is 4.79 Å². The lowest BCUT2D eigenvalue weighted by molar-refractivity contribution is -0.111. The quantitative estimate of drug-likeness (QED) is 0.256. The molecule has 0 aliphatic rings. The first-order valence-corrected chi connectivity index (χ1v) is 7.45. The average Bonchev–Trinajstić information content (AvgIpc) is 2.36. The van der Waals surface area contributed by atoms with Crippen molar-refractivity contribution in [2.24, 2.45) is 5.92 Å². The molecular weight excluding hydrogens is 208 g/mol. The van der Waals surface area contributed by atoms with E-state index in [1.165, 1.54) is 51.4 Å². The Kier molecular flexibility index (Phi) is 13.0. The van der Waals surface area contributed by atoms with Gasteiger partial charge >= 0.3 is 0 Å². The summed E-state index contributed by atoms with van der Waals surface area (Å²) < 4.78 is 0. The smallest absolute Gasteiger partial charge is 0.123 e. The van der Waals surface area contributed by atoms with E-state index in [1.54, 1.807) is 0 Å². The van der Waals surface area contributed by atoms with Crippen LogP contribution < -0.4 is 0 Å². The van der Waals surface area contributed by atoms with Crippen molar-refractivity contribution < 1.29 is 4.79 Å². The molecule has 0 amide bonds. The predicted octanol–water partition coefficient (Wildman–Crippen LogP) is 5.30. The Bertz CT molecular complexity index is 184. The monoisotopic (exact) mass is 238 g/mol. The average molecular weight is 238 g/mol. The number of aldehydes is 1. The van der Waals surface area contributed by atoms with Crippen LogP contribution in [0.1, 0.15) is 78.1 Å². The minimum atomic E-state index is 0.259. The lowest BCUT2D eigenvalue weighted by atomic mass is 9.98. The fourth-order valence-corrected chi connectivity index (χ4v) is 1.98. The Morgan fingerprint density at radius 1 is 0.882 bits per heavy atom. The molecule has 17 heavy (non-hydrogen) atoms. The summed E-state index contributed by atoms with van der Waals surface area (Å²) in [7, 11) is 0. The molecule has 0 spiro atoms. The van der Waals surface area contributed by atoms with Crippen molar-refractivity contribution in [2.45, 2.75) is 78.1 Å². The first-order chi connectivity index (χ1) is 8.35. The highest BCUT2D eigenvalue weighted by Crippen LogP contribution is 2.13. The zero-order valence-electron chi connectivity index (χ0n) is 11.8. The van der Waals surface area contributed by atoms with Crippen molar-refractivity contribution >= 4 is 6.29 Å². The lowest BCUT2D eigenvalue weighted by Crippen LogP contribution is -2.00. The van der Waals surface area contributed by atoms with Crippen LogP contribution in [0.15, 0.2) is 12.2 Å². The minimum absolute atomic E-state index is 0.259. The number of hydrogen-bond acceptors (Lipinski definition) is 1. The van der Waals surface area contributed by atoms with Crippen LogP contribution in [0.25, 0.3) is 0 Å². The van der Waals surface area contributed by atoms with Crippen LogP contribution in [-0.4, -0.2) is 6.29 Å². The van der Waals surface area contributed by atoms with Crippen molar-refractivity contribution in [1.82, 2.24) is 0 Å². The third-order valence-corrected chi connectivity index (χ3v) is 3.20. The molecule has 0 aliphatic carbocycles. The zero-order chi connectivity index (χ0) is 12.8. The van der Waals surface area contributed by atoms with Crippen LogP contribution in [0.3, 0.4) is 0 Å². The van der Waals surface area contributed by atoms with Crippen LogP contribution in [0, 0.1) is 5.92 Å². The van der Waals surface area contributed by atoms with E-state index in [1.807, 2.05) is 0 Å². The van der Waals surface area contributed by atoms with Crippen molar-refractivity contribution in [1.29, 1.82) is 0 Å². The standard InChI is InChI=1S/C16H30O/c1-3-5-7-9-10-12-14-16(15-17)13-11-8-6-4-2/h10,12,15-16H,3-9,11,13-14H2,1-2H3. The second-order valence-corrected chi connectivity index (χ2v) is 4.95. The third kappa shape index (κ3) is 11.7. The van der Waals surface area contributed by atoms with Gasteiger partial charge in [0.15, 0.2) is 0 Å². The van der Waals surface area contributed by atoms with E-state index in [-0.39, 0.29) is 5.92 Å². The molecule has 0 fully saturated rings. The molecule has 0 saturated carbocycles. The topological polar surface area (TPSA) is 17.1 Å². The molecule has 0 heterocycles. The summed E-state index contributed by atoms with van der Waals surface area (Å²) in [4.78, 5) is 10.9. The van der Waals surface area contributed by atoms with E-state index >= 15 is 0 Å². The lowest BCUT2D eigenvalue weighted by Gasteiger charge is -2.06. The van der Waals surface area contributed by atoms with E-state index in [4.69, 9.17) is 0 Å². The van der Waals surface area contributed by atoms with Gasteiger partial charge in [0.1, 0.15) is 6.29 Å². The maximum atomic E-state index is 10.9. The van der Waals surface area contributed by atoms with E-state index in [9.17, 15) is 4.79 Å². The molecule has 1 atom stereocenters. The number of allylic oxidation sites excluding steroid dienone is 2. The first kappa shape index (κ1) is 16.4. The summed E-state index contributed by atoms with van der Waals surface area (Å²) in [5.41, 5.74) is 0. The maximum absolute atomic E-state index is 10.9. The molecule has 0 saturated heterocycles. The molecule has 1 unspecified atom stereocenters. The summed E-state index contributed by atoms with van der Waals surface area (Å²) in [5, 5.41) is 0. The van der Waals surface area contributed by atoms with Gasteiger partial charge in [0.2, 0.25) is 0 Å². The Hall–Kier alpha value is -0.590. The van der Waals surface area contributed by atoms with E-state index in [0.29, 0.717) is 0 Å². The van der Waals surface area contributed by atoms with E-state index < -0.39 is 0 Å². The van der Waals surface area contributed by atoms with Gasteiger partial charge in [-0.25, -0.2) is 0 Å². The van der Waals surface area contributed by atoms with Crippen molar-refractivity contribution in [2.75, 3.05) is 0 Å². The summed E-state index contributed by atoms with van der Waals surface area (Å²) in [6, 6.07) is 0. The van der Waals surface area contributed by atoms with Crippen LogP contribution >= 0.6 is 0 Å². The Labute approximate surface area is 108 Å². The van der Waals surface area contributed by atoms with Crippen molar-refractivity contribution in [3.63, 3.8) is 0 Å². The van der Waals surface area contributed by atoms with E-state index in [2.05, 4.69) is 26.0 Å². The van der Waals surface area contributed by atoms with Gasteiger partial charge in [-0.1, -0.05) is 64.5 Å². The second kappa shape index (κ2) is 13.5. The highest BCUT2D eigenvalue weighted by atomic mass is 16.1. The van der Waals surface area contributed by atoms with Gasteiger partial charge in [-0.2, -0.15) is 0 Å². The minimum Gasteiger partial charge on any atom is -0.303 e. The molecule has 1 heteroatoms. The van der Waals surface area contributed by atoms with Gasteiger partial charge in [0.05, 0.1) is 0 Å². The Balaban J connectivity index is 3.49. The van der Waals surface area contributed by atoms with Crippen LogP contribution in [0.4, 0.5) is 0 Å². The molecule has 0 rings (SSSR count). The summed E-state index contributed by atoms with van der Waals surface area (Å²) >= 11 is 0. The summed E-state index contributed by atoms with van der Waals surface area (Å²) in [5.74, 6) is 0.259. The number of carbonyl (C=O) groups excluding carboxylic acids is 1. The fourth-order valence-electron chi connectivity index (χ4n) is 1.98. The number of unbranched alkanes of at least 4 members (excludes halogenated alkanes) is 6. The molecule has 0 aromatic rings. The first-order valence-electron chi connectivity index (χ1n) is 7.45. The third-order valence-electron chi connectivity index (χ3n) is 3.20. The van der Waals surface area contributed by atoms with Crippen molar-refractivity contribution in [3.05, 3.63) is 12.2 Å². The molecule has 100 valence electrons. The Morgan fingerprint density at radius 3 is 2.24 bits per heavy atom. The van der Waals surface area contributed by atoms with Gasteiger partial charge in [-0.15, -0.1) is 0 Å². The molecule has 0 aromatic carbocycles. The van der Waals surface area contributed by atoms with Crippen molar-refractivity contribution in [3.8, 4) is 0 Å². The zero-order valence-corrected chi connectivity index (χ0v) is 11.8. The molecule has 0 N–H and O–H groups in total. The van der Waals surface area contributed by atoms with Crippen LogP contribution in [0.5, 0.6) is 0 Å². The largest absolute Gasteiger partial charge is 0.303 e. The van der Waals surface area contributed by atoms with Gasteiger partial charge in [-0.3, -0.25) is 0 Å². The fraction of sp³-hybridized carbons (Fsp3) is 0.812. The van der Waals surface area contributed by atoms with E-state index in [0.717, 1.165) is 19.1 Å². The molecule has 0 radical (unpaired) electrons. The Morgan fingerprint density at radius 2 is 1.59 bits per heavy atom. The number of carbonyl (C=O) groups is 1. The SMILES string of the molecule is CCCCCC=CCC(C=O)CCCCCC. The number of hydrogen-bond donors (Lipinski definition) is 0. The van der Waals surface area contributed by atoms with Crippen LogP contribution in [-0.2, 0) is 4.79 Å². The molecule has 1 nitrogen and oxygen atoms in total. The summed E-state index contributed by atoms with van der Waals surface area (Å²) in [6.07, 6.45) is 17.7. The molecule has 0 aliphatic heterocycles. The summed E-state index contributed by atoms with van der Waals surface area (Å²) in [6.45, 7) is 4.44. The maximum Gasteiger partial charge on any atom is 0.123 e. The van der Waals surface area contributed by atoms with Gasteiger partial charge in [0, 0.05) is 5.92 Å². The van der Waals surface area contributed by atoms with Gasteiger partial charge in [-0.05, 0) is 25.7 Å². The molecule has 0 aromatic heterocycles. The number of rotatable bonds is 12. The predicted molar refractivity (Wildman–Crippen MR) is 76.2 cm³/mol. The van der Waals surface area contributed by atoms with Gasteiger partial charge in [0.25, 0.3) is 0 Å². The normalized spacial score (nSPS) is 13.1. The second-order valence-electron chi connectivity index (χ2n) is 4.95. The van der Waals surface area contributed by atoms with Crippen LogP contribution in [0.2, 0.25) is 0 Å². The highest BCUT2D eigenvalue weighted by Gasteiger charge is 2.04.